The predicted molar refractivity (Wildman–Crippen MR) is 93.3 cm³/mol. The Morgan fingerprint density at radius 3 is 2.60 bits per heavy atom. The summed E-state index contributed by atoms with van der Waals surface area (Å²) in [5.74, 6) is -0.393. The van der Waals surface area contributed by atoms with Gasteiger partial charge in [-0.25, -0.2) is 0 Å². The third-order valence-electron chi connectivity index (χ3n) is 4.11. The lowest BCUT2D eigenvalue weighted by Gasteiger charge is -2.26. The number of pyridine rings is 1. The zero-order valence-corrected chi connectivity index (χ0v) is 14.2. The van der Waals surface area contributed by atoms with Crippen LogP contribution in [0.2, 0.25) is 0 Å². The van der Waals surface area contributed by atoms with Gasteiger partial charge >= 0.3 is 0 Å². The van der Waals surface area contributed by atoms with Gasteiger partial charge in [-0.2, -0.15) is 0 Å². The number of carbonyl (C=O) groups excluding carboxylic acids is 2. The van der Waals surface area contributed by atoms with Crippen molar-refractivity contribution in [2.75, 3.05) is 26.3 Å². The number of ether oxygens (including phenoxy) is 1. The van der Waals surface area contributed by atoms with Gasteiger partial charge in [0.2, 0.25) is 0 Å². The molecule has 1 saturated heterocycles. The molecule has 2 aromatic rings. The second-order valence-electron chi connectivity index (χ2n) is 6.00. The van der Waals surface area contributed by atoms with Gasteiger partial charge < -0.3 is 15.0 Å². The topological polar surface area (TPSA) is 71.5 Å². The van der Waals surface area contributed by atoms with Crippen LogP contribution in [0.1, 0.15) is 32.0 Å². The van der Waals surface area contributed by atoms with E-state index in [1.165, 1.54) is 11.8 Å². The second-order valence-corrected chi connectivity index (χ2v) is 6.00. The Balaban J connectivity index is 1.64. The van der Waals surface area contributed by atoms with E-state index in [9.17, 15) is 9.59 Å². The molecule has 0 saturated carbocycles. The lowest BCUT2D eigenvalue weighted by molar-refractivity contribution is 0.0299. The molecule has 2 amide bonds. The molecular formula is C19H21N3O3. The van der Waals surface area contributed by atoms with Gasteiger partial charge in [-0.1, -0.05) is 29.8 Å². The fourth-order valence-electron chi connectivity index (χ4n) is 2.61. The van der Waals surface area contributed by atoms with Crippen molar-refractivity contribution in [2.24, 2.45) is 0 Å². The molecule has 0 unspecified atom stereocenters. The maximum Gasteiger partial charge on any atom is 0.272 e. The Hall–Kier alpha value is -2.73. The van der Waals surface area contributed by atoms with Crippen LogP contribution < -0.4 is 5.32 Å². The SMILES string of the molecule is Cc1ccc(CNC(=O)c2ccnc(C(=O)N3CCOCC3)c2)cc1. The van der Waals surface area contributed by atoms with E-state index >= 15 is 0 Å². The van der Waals surface area contributed by atoms with Crippen molar-refractivity contribution in [1.29, 1.82) is 0 Å². The van der Waals surface area contributed by atoms with E-state index < -0.39 is 0 Å². The smallest absolute Gasteiger partial charge is 0.272 e. The number of hydrogen-bond acceptors (Lipinski definition) is 4. The molecule has 1 aliphatic heterocycles. The molecule has 1 N–H and O–H groups in total. The van der Waals surface area contributed by atoms with Gasteiger partial charge in [-0.3, -0.25) is 14.6 Å². The number of carbonyl (C=O) groups is 2. The van der Waals surface area contributed by atoms with E-state index in [1.54, 1.807) is 17.0 Å². The molecule has 6 heteroatoms. The van der Waals surface area contributed by atoms with Crippen LogP contribution in [0.3, 0.4) is 0 Å². The lowest BCUT2D eigenvalue weighted by Crippen LogP contribution is -2.41. The molecule has 6 nitrogen and oxygen atoms in total. The van der Waals surface area contributed by atoms with Crippen molar-refractivity contribution in [2.45, 2.75) is 13.5 Å². The molecule has 1 aromatic carbocycles. The summed E-state index contributed by atoms with van der Waals surface area (Å²) in [7, 11) is 0. The van der Waals surface area contributed by atoms with Crippen LogP contribution in [0.4, 0.5) is 0 Å². The van der Waals surface area contributed by atoms with Crippen molar-refractivity contribution in [3.8, 4) is 0 Å². The molecule has 3 rings (SSSR count). The highest BCUT2D eigenvalue weighted by atomic mass is 16.5. The Labute approximate surface area is 146 Å². The Morgan fingerprint density at radius 1 is 1.16 bits per heavy atom. The summed E-state index contributed by atoms with van der Waals surface area (Å²) in [5.41, 5.74) is 2.91. The van der Waals surface area contributed by atoms with Crippen LogP contribution in [0.25, 0.3) is 0 Å². The second kappa shape index (κ2) is 7.90. The number of morpholine rings is 1. The number of amides is 2. The number of hydrogen-bond donors (Lipinski definition) is 1. The molecule has 0 radical (unpaired) electrons. The molecular weight excluding hydrogens is 318 g/mol. The number of nitrogens with zero attached hydrogens (tertiary/aromatic N) is 2. The standard InChI is InChI=1S/C19H21N3O3/c1-14-2-4-15(5-3-14)13-21-18(23)16-6-7-20-17(12-16)19(24)22-8-10-25-11-9-22/h2-7,12H,8-11,13H2,1H3,(H,21,23). The Kier molecular flexibility index (Phi) is 5.40. The Bertz CT molecular complexity index is 753. The summed E-state index contributed by atoms with van der Waals surface area (Å²) in [6, 6.07) is 11.1. The maximum atomic E-state index is 12.5. The summed E-state index contributed by atoms with van der Waals surface area (Å²) in [6.07, 6.45) is 1.49. The molecule has 2 heterocycles. The fourth-order valence-corrected chi connectivity index (χ4v) is 2.61. The van der Waals surface area contributed by atoms with E-state index in [-0.39, 0.29) is 17.5 Å². The van der Waals surface area contributed by atoms with Gasteiger partial charge in [-0.15, -0.1) is 0 Å². The van der Waals surface area contributed by atoms with Crippen molar-refractivity contribution in [1.82, 2.24) is 15.2 Å². The molecule has 130 valence electrons. The molecule has 1 aliphatic rings. The highest BCUT2D eigenvalue weighted by Crippen LogP contribution is 2.09. The predicted octanol–water partition coefficient (Wildman–Crippen LogP) is 1.79. The van der Waals surface area contributed by atoms with E-state index in [0.29, 0.717) is 38.4 Å². The number of rotatable bonds is 4. The molecule has 0 aliphatic carbocycles. The fraction of sp³-hybridized carbons (Fsp3) is 0.316. The van der Waals surface area contributed by atoms with Gasteiger partial charge in [0.05, 0.1) is 13.2 Å². The van der Waals surface area contributed by atoms with E-state index in [4.69, 9.17) is 4.74 Å². The summed E-state index contributed by atoms with van der Waals surface area (Å²) in [5, 5.41) is 2.87. The van der Waals surface area contributed by atoms with Gasteiger partial charge in [0.15, 0.2) is 0 Å². The zero-order chi connectivity index (χ0) is 17.6. The largest absolute Gasteiger partial charge is 0.378 e. The van der Waals surface area contributed by atoms with E-state index in [2.05, 4.69) is 10.3 Å². The lowest BCUT2D eigenvalue weighted by atomic mass is 10.1. The number of benzene rings is 1. The third kappa shape index (κ3) is 4.42. The molecule has 1 fully saturated rings. The first-order chi connectivity index (χ1) is 12.1. The first kappa shape index (κ1) is 17.1. The van der Waals surface area contributed by atoms with Crippen molar-refractivity contribution >= 4 is 11.8 Å². The summed E-state index contributed by atoms with van der Waals surface area (Å²) < 4.78 is 5.25. The third-order valence-corrected chi connectivity index (χ3v) is 4.11. The van der Waals surface area contributed by atoms with Crippen LogP contribution in [-0.2, 0) is 11.3 Å². The first-order valence-corrected chi connectivity index (χ1v) is 8.30. The van der Waals surface area contributed by atoms with Crippen LogP contribution >= 0.6 is 0 Å². The van der Waals surface area contributed by atoms with Gasteiger partial charge in [0, 0.05) is 31.4 Å². The van der Waals surface area contributed by atoms with Crippen molar-refractivity contribution in [3.05, 3.63) is 65.0 Å². The van der Waals surface area contributed by atoms with Gasteiger partial charge in [-0.05, 0) is 24.6 Å². The van der Waals surface area contributed by atoms with Gasteiger partial charge in [0.1, 0.15) is 5.69 Å². The summed E-state index contributed by atoms with van der Waals surface area (Å²) in [6.45, 7) is 4.61. The minimum absolute atomic E-state index is 0.170. The molecule has 25 heavy (non-hydrogen) atoms. The van der Waals surface area contributed by atoms with Crippen LogP contribution in [0.15, 0.2) is 42.6 Å². The highest BCUT2D eigenvalue weighted by Gasteiger charge is 2.20. The number of nitrogens with one attached hydrogen (secondary N) is 1. The minimum atomic E-state index is -0.223. The average Bonchev–Trinajstić information content (AvgIpc) is 2.67. The van der Waals surface area contributed by atoms with E-state index in [1.807, 2.05) is 31.2 Å². The zero-order valence-electron chi connectivity index (χ0n) is 14.2. The quantitative estimate of drug-likeness (QED) is 0.922. The molecule has 0 bridgehead atoms. The van der Waals surface area contributed by atoms with Crippen molar-refractivity contribution in [3.63, 3.8) is 0 Å². The monoisotopic (exact) mass is 339 g/mol. The molecule has 1 aromatic heterocycles. The van der Waals surface area contributed by atoms with Crippen LogP contribution in [0.5, 0.6) is 0 Å². The number of aromatic nitrogens is 1. The molecule has 0 spiro atoms. The summed E-state index contributed by atoms with van der Waals surface area (Å²) in [4.78, 5) is 30.6. The van der Waals surface area contributed by atoms with Crippen LogP contribution in [-0.4, -0.2) is 48.0 Å². The Morgan fingerprint density at radius 2 is 1.88 bits per heavy atom. The van der Waals surface area contributed by atoms with Crippen molar-refractivity contribution < 1.29 is 14.3 Å². The normalized spacial score (nSPS) is 14.2. The van der Waals surface area contributed by atoms with E-state index in [0.717, 1.165) is 5.56 Å². The van der Waals surface area contributed by atoms with Gasteiger partial charge in [0.25, 0.3) is 11.8 Å². The average molecular weight is 339 g/mol. The van der Waals surface area contributed by atoms with Crippen LogP contribution in [0, 0.1) is 6.92 Å². The minimum Gasteiger partial charge on any atom is -0.378 e. The summed E-state index contributed by atoms with van der Waals surface area (Å²) >= 11 is 0. The maximum absolute atomic E-state index is 12.5. The molecule has 0 atom stereocenters. The first-order valence-electron chi connectivity index (χ1n) is 8.30. The highest BCUT2D eigenvalue weighted by molar-refractivity contribution is 5.98. The number of aryl methyl sites for hydroxylation is 1.